The molecular formula is C16H16F2N6O2. The van der Waals surface area contributed by atoms with Crippen LogP contribution in [0.15, 0.2) is 23.1 Å². The average molecular weight is 362 g/mol. The molecule has 0 amide bonds. The highest BCUT2D eigenvalue weighted by molar-refractivity contribution is 5.74. The van der Waals surface area contributed by atoms with Crippen molar-refractivity contribution in [3.63, 3.8) is 0 Å². The number of phenols is 1. The van der Waals surface area contributed by atoms with Crippen LogP contribution in [0.4, 0.5) is 20.4 Å². The summed E-state index contributed by atoms with van der Waals surface area (Å²) in [5.74, 6) is -1.66. The number of halogens is 2. The predicted molar refractivity (Wildman–Crippen MR) is 91.6 cm³/mol. The van der Waals surface area contributed by atoms with Crippen molar-refractivity contribution in [2.24, 2.45) is 7.05 Å². The standard InChI is InChI=1S/C16H16F2N6O2/c1-22-14-10(8-19-22)15(26)21-16(20-14)24-4-2-23(3-5-24)13-11(17)6-9(25)7-12(13)18/h6-8,25H,2-5H2,1H3,(H,20,21,26). The first-order valence-corrected chi connectivity index (χ1v) is 8.04. The summed E-state index contributed by atoms with van der Waals surface area (Å²) in [7, 11) is 1.70. The number of fused-ring (bicyclic) bond motifs is 1. The first-order valence-electron chi connectivity index (χ1n) is 8.04. The molecule has 0 atom stereocenters. The number of aryl methyl sites for hydroxylation is 1. The van der Waals surface area contributed by atoms with Gasteiger partial charge < -0.3 is 14.9 Å². The number of H-pyrrole nitrogens is 1. The molecule has 1 aliphatic heterocycles. The lowest BCUT2D eigenvalue weighted by Gasteiger charge is -2.36. The van der Waals surface area contributed by atoms with Crippen molar-refractivity contribution in [1.82, 2.24) is 19.7 Å². The molecule has 0 unspecified atom stereocenters. The van der Waals surface area contributed by atoms with Crippen molar-refractivity contribution in [2.45, 2.75) is 0 Å². The minimum atomic E-state index is -0.807. The van der Waals surface area contributed by atoms with Gasteiger partial charge in [0, 0.05) is 45.4 Å². The van der Waals surface area contributed by atoms with Gasteiger partial charge in [-0.15, -0.1) is 0 Å². The third kappa shape index (κ3) is 2.63. The fourth-order valence-electron chi connectivity index (χ4n) is 3.17. The van der Waals surface area contributed by atoms with Gasteiger partial charge in [0.1, 0.15) is 16.8 Å². The maximum Gasteiger partial charge on any atom is 0.263 e. The van der Waals surface area contributed by atoms with Gasteiger partial charge in [-0.25, -0.2) is 8.78 Å². The van der Waals surface area contributed by atoms with Crippen LogP contribution in [0.3, 0.4) is 0 Å². The van der Waals surface area contributed by atoms with Gasteiger partial charge in [0.15, 0.2) is 17.3 Å². The topological polar surface area (TPSA) is 90.3 Å². The smallest absolute Gasteiger partial charge is 0.263 e. The van der Waals surface area contributed by atoms with Crippen LogP contribution in [-0.2, 0) is 7.05 Å². The maximum atomic E-state index is 14.0. The summed E-state index contributed by atoms with van der Waals surface area (Å²) in [6.45, 7) is 1.52. The van der Waals surface area contributed by atoms with Gasteiger partial charge >= 0.3 is 0 Å². The highest BCUT2D eigenvalue weighted by Crippen LogP contribution is 2.28. The second-order valence-electron chi connectivity index (χ2n) is 6.13. The minimum Gasteiger partial charge on any atom is -0.508 e. The van der Waals surface area contributed by atoms with Crippen LogP contribution >= 0.6 is 0 Å². The Hall–Kier alpha value is -3.17. The highest BCUT2D eigenvalue weighted by Gasteiger charge is 2.24. The number of hydrogen-bond donors (Lipinski definition) is 2. The molecule has 2 N–H and O–H groups in total. The van der Waals surface area contributed by atoms with E-state index in [2.05, 4.69) is 15.1 Å². The normalized spacial score (nSPS) is 15.0. The number of anilines is 2. The largest absolute Gasteiger partial charge is 0.508 e. The van der Waals surface area contributed by atoms with Crippen molar-refractivity contribution in [1.29, 1.82) is 0 Å². The Morgan fingerprint density at radius 2 is 1.73 bits per heavy atom. The first-order chi connectivity index (χ1) is 12.4. The molecule has 0 bridgehead atoms. The average Bonchev–Trinajstić information content (AvgIpc) is 2.96. The van der Waals surface area contributed by atoms with E-state index in [1.54, 1.807) is 11.9 Å². The molecule has 0 aliphatic carbocycles. The predicted octanol–water partition coefficient (Wildman–Crippen LogP) is 0.967. The summed E-state index contributed by atoms with van der Waals surface area (Å²) >= 11 is 0. The van der Waals surface area contributed by atoms with E-state index < -0.39 is 17.4 Å². The molecule has 1 aliphatic rings. The van der Waals surface area contributed by atoms with Crippen LogP contribution < -0.4 is 15.4 Å². The van der Waals surface area contributed by atoms with E-state index in [-0.39, 0.29) is 11.2 Å². The molecule has 3 heterocycles. The molecule has 1 saturated heterocycles. The Morgan fingerprint density at radius 3 is 2.38 bits per heavy atom. The van der Waals surface area contributed by atoms with Crippen molar-refractivity contribution in [3.05, 3.63) is 40.3 Å². The molecule has 10 heteroatoms. The second-order valence-corrected chi connectivity index (χ2v) is 6.13. The fourth-order valence-corrected chi connectivity index (χ4v) is 3.17. The Morgan fingerprint density at radius 1 is 1.12 bits per heavy atom. The number of aromatic hydroxyl groups is 1. The summed E-state index contributed by atoms with van der Waals surface area (Å²) < 4.78 is 29.6. The highest BCUT2D eigenvalue weighted by atomic mass is 19.1. The molecule has 0 radical (unpaired) electrons. The molecule has 1 fully saturated rings. The van der Waals surface area contributed by atoms with E-state index in [1.807, 2.05) is 4.90 Å². The molecule has 26 heavy (non-hydrogen) atoms. The zero-order valence-electron chi connectivity index (χ0n) is 13.9. The summed E-state index contributed by atoms with van der Waals surface area (Å²) in [4.78, 5) is 22.7. The molecule has 136 valence electrons. The van der Waals surface area contributed by atoms with E-state index in [1.165, 1.54) is 10.9 Å². The number of rotatable bonds is 2. The van der Waals surface area contributed by atoms with Gasteiger partial charge in [-0.1, -0.05) is 0 Å². The van der Waals surface area contributed by atoms with Crippen molar-refractivity contribution in [2.75, 3.05) is 36.0 Å². The summed E-state index contributed by atoms with van der Waals surface area (Å²) in [5, 5.41) is 13.7. The van der Waals surface area contributed by atoms with Crippen LogP contribution in [0, 0.1) is 11.6 Å². The van der Waals surface area contributed by atoms with Gasteiger partial charge in [-0.3, -0.25) is 14.5 Å². The van der Waals surface area contributed by atoms with Crippen LogP contribution in [0.2, 0.25) is 0 Å². The number of aromatic amines is 1. The third-order valence-electron chi connectivity index (χ3n) is 4.49. The lowest BCUT2D eigenvalue weighted by Crippen LogP contribution is -2.48. The molecule has 2 aromatic heterocycles. The number of aromatic nitrogens is 4. The number of piperazine rings is 1. The van der Waals surface area contributed by atoms with Crippen LogP contribution in [0.1, 0.15) is 0 Å². The Balaban J connectivity index is 1.58. The Bertz CT molecular complexity index is 1020. The van der Waals surface area contributed by atoms with Crippen molar-refractivity contribution < 1.29 is 13.9 Å². The second kappa shape index (κ2) is 5.97. The minimum absolute atomic E-state index is 0.161. The lowest BCUT2D eigenvalue weighted by molar-refractivity contribution is 0.459. The molecule has 4 rings (SSSR count). The fraction of sp³-hybridized carbons (Fsp3) is 0.312. The number of nitrogens with zero attached hydrogens (tertiary/aromatic N) is 5. The van der Waals surface area contributed by atoms with Crippen LogP contribution in [-0.4, -0.2) is 51.0 Å². The molecule has 1 aromatic carbocycles. The van der Waals surface area contributed by atoms with Gasteiger partial charge in [-0.05, 0) is 0 Å². The summed E-state index contributed by atoms with van der Waals surface area (Å²) in [6, 6.07) is 1.78. The lowest BCUT2D eigenvalue weighted by atomic mass is 10.2. The SMILES string of the molecule is Cn1ncc2c(=O)[nH]c(N3CCN(c4c(F)cc(O)cc4F)CC3)nc21. The number of nitrogens with one attached hydrogen (secondary N) is 1. The molecule has 0 saturated carbocycles. The van der Waals surface area contributed by atoms with Crippen LogP contribution in [0.5, 0.6) is 5.75 Å². The zero-order valence-corrected chi connectivity index (χ0v) is 13.9. The van der Waals surface area contributed by atoms with Gasteiger partial charge in [0.2, 0.25) is 5.95 Å². The zero-order chi connectivity index (χ0) is 18.4. The van der Waals surface area contributed by atoms with E-state index in [9.17, 15) is 18.7 Å². The first kappa shape index (κ1) is 16.3. The summed E-state index contributed by atoms with van der Waals surface area (Å²) in [5.41, 5.74) is 0.0314. The monoisotopic (exact) mass is 362 g/mol. The van der Waals surface area contributed by atoms with E-state index in [0.717, 1.165) is 12.1 Å². The molecule has 8 nitrogen and oxygen atoms in total. The van der Waals surface area contributed by atoms with Gasteiger partial charge in [-0.2, -0.15) is 10.1 Å². The Labute approximate surface area is 146 Å². The third-order valence-corrected chi connectivity index (χ3v) is 4.49. The van der Waals surface area contributed by atoms with Gasteiger partial charge in [0.05, 0.1) is 6.20 Å². The number of hydrogen-bond acceptors (Lipinski definition) is 6. The number of phenolic OH excluding ortho intramolecular Hbond substituents is 1. The van der Waals surface area contributed by atoms with E-state index >= 15 is 0 Å². The summed E-state index contributed by atoms with van der Waals surface area (Å²) in [6.07, 6.45) is 1.46. The van der Waals surface area contributed by atoms with E-state index in [4.69, 9.17) is 0 Å². The van der Waals surface area contributed by atoms with Crippen LogP contribution in [0.25, 0.3) is 11.0 Å². The Kier molecular flexibility index (Phi) is 3.74. The molecular weight excluding hydrogens is 346 g/mol. The van der Waals surface area contributed by atoms with Gasteiger partial charge in [0.25, 0.3) is 5.56 Å². The molecule has 0 spiro atoms. The maximum absolute atomic E-state index is 14.0. The van der Waals surface area contributed by atoms with Crippen molar-refractivity contribution in [3.8, 4) is 5.75 Å². The quantitative estimate of drug-likeness (QED) is 0.706. The number of benzene rings is 1. The van der Waals surface area contributed by atoms with Crippen molar-refractivity contribution >= 4 is 22.7 Å². The van der Waals surface area contributed by atoms with E-state index in [0.29, 0.717) is 43.2 Å². The molecule has 3 aromatic rings.